The molecule has 31 heavy (non-hydrogen) atoms. The molecule has 0 saturated carbocycles. The van der Waals surface area contributed by atoms with Crippen LogP contribution in [0.3, 0.4) is 0 Å². The molecule has 1 aliphatic heterocycles. The van der Waals surface area contributed by atoms with E-state index in [2.05, 4.69) is 10.6 Å². The van der Waals surface area contributed by atoms with E-state index in [1.165, 1.54) is 0 Å². The zero-order chi connectivity index (χ0) is 22.2. The van der Waals surface area contributed by atoms with Crippen molar-refractivity contribution in [2.75, 3.05) is 13.7 Å². The van der Waals surface area contributed by atoms with Gasteiger partial charge in [-0.05, 0) is 36.1 Å². The number of urea groups is 1. The summed E-state index contributed by atoms with van der Waals surface area (Å²) in [7, 11) is 1.57. The maximum absolute atomic E-state index is 12.6. The highest BCUT2D eigenvalue weighted by Crippen LogP contribution is 2.17. The number of amides is 4. The van der Waals surface area contributed by atoms with E-state index in [1.54, 1.807) is 31.4 Å². The first-order valence-electron chi connectivity index (χ1n) is 10.2. The van der Waals surface area contributed by atoms with Gasteiger partial charge in [-0.25, -0.2) is 4.79 Å². The molecule has 2 aromatic rings. The predicted octanol–water partition coefficient (Wildman–Crippen LogP) is 1.62. The van der Waals surface area contributed by atoms with Crippen LogP contribution in [0.1, 0.15) is 24.0 Å². The number of nitrogens with one attached hydrogen (secondary N) is 2. The Labute approximate surface area is 181 Å². The number of aliphatic hydroxyl groups excluding tert-OH is 1. The van der Waals surface area contributed by atoms with Crippen molar-refractivity contribution in [3.8, 4) is 5.75 Å². The molecule has 0 radical (unpaired) electrons. The fourth-order valence-electron chi connectivity index (χ4n) is 3.47. The van der Waals surface area contributed by atoms with Gasteiger partial charge < -0.3 is 20.5 Å². The average Bonchev–Trinajstić information content (AvgIpc) is 3.06. The first-order valence-corrected chi connectivity index (χ1v) is 10.2. The number of aliphatic hydroxyl groups is 1. The smallest absolute Gasteiger partial charge is 0.325 e. The Hall–Kier alpha value is -3.39. The van der Waals surface area contributed by atoms with E-state index >= 15 is 0 Å². The number of methoxy groups -OCH3 is 1. The number of imide groups is 1. The highest BCUT2D eigenvalue weighted by molar-refractivity contribution is 6.04. The van der Waals surface area contributed by atoms with Crippen molar-refractivity contribution < 1.29 is 24.2 Å². The third-order valence-electron chi connectivity index (χ3n) is 5.18. The molecule has 0 aliphatic carbocycles. The van der Waals surface area contributed by atoms with Gasteiger partial charge in [-0.3, -0.25) is 14.5 Å². The molecule has 2 aromatic carbocycles. The highest BCUT2D eigenvalue weighted by atomic mass is 16.5. The zero-order valence-corrected chi connectivity index (χ0v) is 17.4. The minimum Gasteiger partial charge on any atom is -0.497 e. The molecule has 4 amide bonds. The van der Waals surface area contributed by atoms with Crippen LogP contribution in [0.2, 0.25) is 0 Å². The Kier molecular flexibility index (Phi) is 7.61. The molecule has 8 nitrogen and oxygen atoms in total. The van der Waals surface area contributed by atoms with Gasteiger partial charge in [-0.15, -0.1) is 0 Å². The summed E-state index contributed by atoms with van der Waals surface area (Å²) in [5, 5.41) is 15.0. The lowest BCUT2D eigenvalue weighted by Gasteiger charge is -2.17. The molecule has 164 valence electrons. The summed E-state index contributed by atoms with van der Waals surface area (Å²) in [6, 6.07) is 15.1. The normalized spacial score (nSPS) is 16.7. The van der Waals surface area contributed by atoms with Crippen molar-refractivity contribution in [1.82, 2.24) is 15.5 Å². The second kappa shape index (κ2) is 10.6. The SMILES string of the molecule is COc1ccc(CN2C(=O)NC(CCC(=O)NC(CO)Cc3ccccc3)C2=O)cc1. The number of benzene rings is 2. The number of hydrogen-bond donors (Lipinski definition) is 3. The molecule has 0 spiro atoms. The molecule has 1 saturated heterocycles. The molecular formula is C23H27N3O5. The monoisotopic (exact) mass is 425 g/mol. The molecule has 0 aromatic heterocycles. The summed E-state index contributed by atoms with van der Waals surface area (Å²) < 4.78 is 5.11. The Morgan fingerprint density at radius 2 is 1.84 bits per heavy atom. The highest BCUT2D eigenvalue weighted by Gasteiger charge is 2.37. The summed E-state index contributed by atoms with van der Waals surface area (Å²) in [6.45, 7) is -0.0314. The van der Waals surface area contributed by atoms with Gasteiger partial charge in [0, 0.05) is 6.42 Å². The van der Waals surface area contributed by atoms with Gasteiger partial charge in [0.25, 0.3) is 5.91 Å². The average molecular weight is 425 g/mol. The van der Waals surface area contributed by atoms with E-state index in [-0.39, 0.29) is 37.8 Å². The zero-order valence-electron chi connectivity index (χ0n) is 17.4. The number of nitrogens with zero attached hydrogens (tertiary/aromatic N) is 1. The van der Waals surface area contributed by atoms with Crippen molar-refractivity contribution in [2.24, 2.45) is 0 Å². The standard InChI is InChI=1S/C23H27N3O5/c1-31-19-9-7-17(8-10-19)14-26-22(29)20(25-23(26)30)11-12-21(28)24-18(15-27)13-16-5-3-2-4-6-16/h2-10,18,20,27H,11-15H2,1H3,(H,24,28)(H,25,30). The lowest BCUT2D eigenvalue weighted by molar-refractivity contribution is -0.128. The lowest BCUT2D eigenvalue weighted by Crippen LogP contribution is -2.40. The summed E-state index contributed by atoms with van der Waals surface area (Å²) in [6.07, 6.45) is 0.773. The minimum atomic E-state index is -0.738. The number of hydrogen-bond acceptors (Lipinski definition) is 5. The molecule has 0 bridgehead atoms. The van der Waals surface area contributed by atoms with E-state index in [9.17, 15) is 19.5 Å². The third kappa shape index (κ3) is 6.05. The summed E-state index contributed by atoms with van der Waals surface area (Å²) in [4.78, 5) is 38.3. The topological polar surface area (TPSA) is 108 Å². The van der Waals surface area contributed by atoms with Gasteiger partial charge in [0.2, 0.25) is 5.91 Å². The van der Waals surface area contributed by atoms with Crippen LogP contribution < -0.4 is 15.4 Å². The maximum atomic E-state index is 12.6. The molecule has 1 aliphatic rings. The van der Waals surface area contributed by atoms with Gasteiger partial charge in [0.15, 0.2) is 0 Å². The molecule has 1 fully saturated rings. The molecular weight excluding hydrogens is 398 g/mol. The predicted molar refractivity (Wildman–Crippen MR) is 114 cm³/mol. The van der Waals surface area contributed by atoms with Gasteiger partial charge in [-0.1, -0.05) is 42.5 Å². The van der Waals surface area contributed by atoms with Crippen molar-refractivity contribution >= 4 is 17.8 Å². The van der Waals surface area contributed by atoms with E-state index in [0.717, 1.165) is 16.0 Å². The number of rotatable bonds is 10. The van der Waals surface area contributed by atoms with Crippen LogP contribution in [0.5, 0.6) is 5.75 Å². The first kappa shape index (κ1) is 22.3. The molecule has 2 atom stereocenters. The maximum Gasteiger partial charge on any atom is 0.325 e. The summed E-state index contributed by atoms with van der Waals surface area (Å²) in [5.74, 6) is 0.0699. The van der Waals surface area contributed by atoms with E-state index < -0.39 is 18.1 Å². The first-order chi connectivity index (χ1) is 15.0. The van der Waals surface area contributed by atoms with Crippen molar-refractivity contribution in [3.05, 3.63) is 65.7 Å². The van der Waals surface area contributed by atoms with E-state index in [4.69, 9.17) is 4.74 Å². The van der Waals surface area contributed by atoms with E-state index in [0.29, 0.717) is 12.2 Å². The van der Waals surface area contributed by atoms with Gasteiger partial charge in [-0.2, -0.15) is 0 Å². The van der Waals surface area contributed by atoms with Crippen molar-refractivity contribution in [1.29, 1.82) is 0 Å². The minimum absolute atomic E-state index is 0.0678. The third-order valence-corrected chi connectivity index (χ3v) is 5.18. The fourth-order valence-corrected chi connectivity index (χ4v) is 3.47. The molecule has 1 heterocycles. The Morgan fingerprint density at radius 3 is 2.48 bits per heavy atom. The van der Waals surface area contributed by atoms with Crippen LogP contribution in [0, 0.1) is 0 Å². The molecule has 2 unspecified atom stereocenters. The van der Waals surface area contributed by atoms with Gasteiger partial charge in [0.1, 0.15) is 11.8 Å². The molecule has 3 rings (SSSR count). The Morgan fingerprint density at radius 1 is 1.13 bits per heavy atom. The number of ether oxygens (including phenoxy) is 1. The Balaban J connectivity index is 1.48. The van der Waals surface area contributed by atoms with Crippen LogP contribution in [0.25, 0.3) is 0 Å². The van der Waals surface area contributed by atoms with Crippen LogP contribution in [0.4, 0.5) is 4.79 Å². The van der Waals surface area contributed by atoms with Crippen molar-refractivity contribution in [3.63, 3.8) is 0 Å². The van der Waals surface area contributed by atoms with Crippen LogP contribution >= 0.6 is 0 Å². The van der Waals surface area contributed by atoms with Crippen LogP contribution in [0.15, 0.2) is 54.6 Å². The van der Waals surface area contributed by atoms with Crippen LogP contribution in [-0.4, -0.2) is 53.7 Å². The van der Waals surface area contributed by atoms with Gasteiger partial charge in [0.05, 0.1) is 26.3 Å². The Bertz CT molecular complexity index is 901. The van der Waals surface area contributed by atoms with Gasteiger partial charge >= 0.3 is 6.03 Å². The fraction of sp³-hybridized carbons (Fsp3) is 0.348. The molecule has 3 N–H and O–H groups in total. The second-order valence-corrected chi connectivity index (χ2v) is 7.45. The van der Waals surface area contributed by atoms with Crippen molar-refractivity contribution in [2.45, 2.75) is 37.9 Å². The quantitative estimate of drug-likeness (QED) is 0.502. The lowest BCUT2D eigenvalue weighted by atomic mass is 10.1. The van der Waals surface area contributed by atoms with Crippen LogP contribution in [-0.2, 0) is 22.6 Å². The summed E-state index contributed by atoms with van der Waals surface area (Å²) in [5.41, 5.74) is 1.81. The molecule has 8 heteroatoms. The number of carbonyl (C=O) groups is 3. The van der Waals surface area contributed by atoms with E-state index in [1.807, 2.05) is 30.3 Å². The summed E-state index contributed by atoms with van der Waals surface area (Å²) >= 11 is 0. The second-order valence-electron chi connectivity index (χ2n) is 7.45. The largest absolute Gasteiger partial charge is 0.497 e. The number of carbonyl (C=O) groups excluding carboxylic acids is 3.